The molecule has 1 aliphatic heterocycles. The molecule has 2 N–H and O–H groups in total. The molecule has 3 amide bonds. The number of benzene rings is 2. The number of imide groups is 1. The number of halogens is 1. The summed E-state index contributed by atoms with van der Waals surface area (Å²) >= 11 is 7.45. The first kappa shape index (κ1) is 18.5. The van der Waals surface area contributed by atoms with E-state index in [2.05, 4.69) is 20.6 Å². The van der Waals surface area contributed by atoms with E-state index < -0.39 is 0 Å². The normalized spacial score (nSPS) is 13.6. The number of nitrogens with one attached hydrogen (secondary N) is 2. The SMILES string of the molecule is O=C(CSc1nc(Nc2ccccc2Cl)c2ccccc2n1)N1CCNC1=O. The molecule has 1 saturated heterocycles. The molecule has 1 aliphatic rings. The van der Waals surface area contributed by atoms with Gasteiger partial charge in [0.25, 0.3) is 0 Å². The van der Waals surface area contributed by atoms with Gasteiger partial charge in [-0.1, -0.05) is 47.6 Å². The molecule has 1 fully saturated rings. The second-order valence-corrected chi connectivity index (χ2v) is 7.39. The quantitative estimate of drug-likeness (QED) is 0.490. The van der Waals surface area contributed by atoms with E-state index in [-0.39, 0.29) is 17.7 Å². The molecule has 0 bridgehead atoms. The Labute approximate surface area is 170 Å². The number of carbonyl (C=O) groups excluding carboxylic acids is 2. The lowest BCUT2D eigenvalue weighted by Crippen LogP contribution is -2.35. The number of amides is 3. The fourth-order valence-corrected chi connectivity index (χ4v) is 3.73. The third-order valence-electron chi connectivity index (χ3n) is 4.19. The Kier molecular flexibility index (Phi) is 5.31. The minimum absolute atomic E-state index is 0.0806. The summed E-state index contributed by atoms with van der Waals surface area (Å²) in [5, 5.41) is 7.74. The van der Waals surface area contributed by atoms with E-state index in [0.29, 0.717) is 29.1 Å². The molecule has 28 heavy (non-hydrogen) atoms. The van der Waals surface area contributed by atoms with Gasteiger partial charge in [-0.25, -0.2) is 14.8 Å². The zero-order chi connectivity index (χ0) is 19.5. The smallest absolute Gasteiger partial charge is 0.324 e. The summed E-state index contributed by atoms with van der Waals surface area (Å²) in [7, 11) is 0. The summed E-state index contributed by atoms with van der Waals surface area (Å²) in [6.07, 6.45) is 0. The summed E-state index contributed by atoms with van der Waals surface area (Å²) in [5.41, 5.74) is 1.48. The van der Waals surface area contributed by atoms with Crippen molar-refractivity contribution in [2.75, 3.05) is 24.2 Å². The number of hydrogen-bond donors (Lipinski definition) is 2. The predicted octanol–water partition coefficient (Wildman–Crippen LogP) is 3.67. The molecule has 3 aromatic rings. The largest absolute Gasteiger partial charge is 0.338 e. The fourth-order valence-electron chi connectivity index (χ4n) is 2.82. The first-order chi connectivity index (χ1) is 13.6. The van der Waals surface area contributed by atoms with Gasteiger partial charge in [0, 0.05) is 18.5 Å². The van der Waals surface area contributed by atoms with Gasteiger partial charge >= 0.3 is 6.03 Å². The van der Waals surface area contributed by atoms with Gasteiger partial charge in [0.15, 0.2) is 5.16 Å². The Bertz CT molecular complexity index is 1060. The van der Waals surface area contributed by atoms with Crippen LogP contribution in [0.4, 0.5) is 16.3 Å². The van der Waals surface area contributed by atoms with Crippen molar-refractivity contribution in [3.8, 4) is 0 Å². The van der Waals surface area contributed by atoms with Crippen molar-refractivity contribution >= 4 is 57.7 Å². The zero-order valence-corrected chi connectivity index (χ0v) is 16.3. The van der Waals surface area contributed by atoms with Gasteiger partial charge < -0.3 is 10.6 Å². The maximum Gasteiger partial charge on any atom is 0.324 e. The average Bonchev–Trinajstić information content (AvgIpc) is 3.14. The highest BCUT2D eigenvalue weighted by molar-refractivity contribution is 7.99. The maximum absolute atomic E-state index is 12.3. The van der Waals surface area contributed by atoms with E-state index in [1.54, 1.807) is 6.07 Å². The van der Waals surface area contributed by atoms with E-state index in [9.17, 15) is 9.59 Å². The molecular formula is C19H16ClN5O2S. The van der Waals surface area contributed by atoms with Crippen LogP contribution in [0.5, 0.6) is 0 Å². The molecule has 0 saturated carbocycles. The topological polar surface area (TPSA) is 87.2 Å². The molecule has 0 aliphatic carbocycles. The third kappa shape index (κ3) is 3.88. The van der Waals surface area contributed by atoms with E-state index in [0.717, 1.165) is 16.6 Å². The second kappa shape index (κ2) is 8.04. The number of aromatic nitrogens is 2. The van der Waals surface area contributed by atoms with Crippen molar-refractivity contribution in [1.82, 2.24) is 20.2 Å². The third-order valence-corrected chi connectivity index (χ3v) is 5.35. The second-order valence-electron chi connectivity index (χ2n) is 6.04. The van der Waals surface area contributed by atoms with Crippen LogP contribution >= 0.6 is 23.4 Å². The Morgan fingerprint density at radius 1 is 1.18 bits per heavy atom. The molecule has 4 rings (SSSR count). The van der Waals surface area contributed by atoms with Gasteiger partial charge in [-0.05, 0) is 24.3 Å². The Balaban J connectivity index is 1.60. The van der Waals surface area contributed by atoms with Crippen LogP contribution in [-0.4, -0.2) is 45.6 Å². The minimum Gasteiger partial charge on any atom is -0.338 e. The van der Waals surface area contributed by atoms with Crippen LogP contribution in [-0.2, 0) is 4.79 Å². The molecule has 1 aromatic heterocycles. The first-order valence-corrected chi connectivity index (χ1v) is 9.97. The zero-order valence-electron chi connectivity index (χ0n) is 14.7. The van der Waals surface area contributed by atoms with Crippen LogP contribution < -0.4 is 10.6 Å². The van der Waals surface area contributed by atoms with E-state index in [4.69, 9.17) is 11.6 Å². The van der Waals surface area contributed by atoms with Crippen molar-refractivity contribution in [3.05, 3.63) is 53.6 Å². The number of urea groups is 1. The van der Waals surface area contributed by atoms with Gasteiger partial charge in [0.05, 0.1) is 22.0 Å². The van der Waals surface area contributed by atoms with Gasteiger partial charge in [0.1, 0.15) is 5.82 Å². The number of nitrogens with zero attached hydrogens (tertiary/aromatic N) is 3. The standard InChI is InChI=1S/C19H16ClN5O2S/c20-13-6-2-4-8-15(13)22-17-12-5-1-3-7-14(12)23-18(24-17)28-11-16(26)25-10-9-21-19(25)27/h1-8H,9-11H2,(H,21,27)(H,22,23,24). The molecule has 0 unspecified atom stereocenters. The van der Waals surface area contributed by atoms with Crippen molar-refractivity contribution in [2.45, 2.75) is 5.16 Å². The highest BCUT2D eigenvalue weighted by atomic mass is 35.5. The van der Waals surface area contributed by atoms with E-state index in [1.807, 2.05) is 42.5 Å². The summed E-state index contributed by atoms with van der Waals surface area (Å²) in [6, 6.07) is 14.6. The Morgan fingerprint density at radius 3 is 2.75 bits per heavy atom. The van der Waals surface area contributed by atoms with Crippen LogP contribution in [0.15, 0.2) is 53.7 Å². The number of para-hydroxylation sites is 2. The number of fused-ring (bicyclic) bond motifs is 1. The first-order valence-electron chi connectivity index (χ1n) is 8.61. The van der Waals surface area contributed by atoms with Crippen molar-refractivity contribution in [3.63, 3.8) is 0 Å². The van der Waals surface area contributed by atoms with Crippen LogP contribution in [0.2, 0.25) is 5.02 Å². The lowest BCUT2D eigenvalue weighted by molar-refractivity contribution is -0.124. The number of carbonyl (C=O) groups is 2. The van der Waals surface area contributed by atoms with Gasteiger partial charge in [0.2, 0.25) is 5.91 Å². The van der Waals surface area contributed by atoms with Gasteiger partial charge in [-0.15, -0.1) is 0 Å². The summed E-state index contributed by atoms with van der Waals surface area (Å²) in [4.78, 5) is 34.2. The molecule has 0 atom stereocenters. The molecule has 0 radical (unpaired) electrons. The highest BCUT2D eigenvalue weighted by Crippen LogP contribution is 2.30. The number of hydrogen-bond acceptors (Lipinski definition) is 6. The number of rotatable bonds is 5. The van der Waals surface area contributed by atoms with Crippen molar-refractivity contribution in [1.29, 1.82) is 0 Å². The number of anilines is 2. The van der Waals surface area contributed by atoms with Crippen LogP contribution in [0, 0.1) is 0 Å². The van der Waals surface area contributed by atoms with Crippen LogP contribution in [0.25, 0.3) is 10.9 Å². The summed E-state index contributed by atoms with van der Waals surface area (Å²) in [6.45, 7) is 0.865. The molecule has 2 aromatic carbocycles. The van der Waals surface area contributed by atoms with Crippen LogP contribution in [0.3, 0.4) is 0 Å². The van der Waals surface area contributed by atoms with Gasteiger partial charge in [-0.3, -0.25) is 9.69 Å². The fraction of sp³-hybridized carbons (Fsp3) is 0.158. The summed E-state index contributed by atoms with van der Waals surface area (Å²) in [5.74, 6) is 0.419. The minimum atomic E-state index is -0.355. The Morgan fingerprint density at radius 2 is 1.96 bits per heavy atom. The average molecular weight is 414 g/mol. The van der Waals surface area contributed by atoms with Crippen molar-refractivity contribution < 1.29 is 9.59 Å². The van der Waals surface area contributed by atoms with E-state index in [1.165, 1.54) is 16.7 Å². The lowest BCUT2D eigenvalue weighted by atomic mass is 10.2. The number of thioether (sulfide) groups is 1. The monoisotopic (exact) mass is 413 g/mol. The van der Waals surface area contributed by atoms with E-state index >= 15 is 0 Å². The lowest BCUT2D eigenvalue weighted by Gasteiger charge is -2.13. The Hall–Kier alpha value is -2.84. The molecule has 142 valence electrons. The van der Waals surface area contributed by atoms with Gasteiger partial charge in [-0.2, -0.15) is 0 Å². The summed E-state index contributed by atoms with van der Waals surface area (Å²) < 4.78 is 0. The molecule has 2 heterocycles. The highest BCUT2D eigenvalue weighted by Gasteiger charge is 2.26. The van der Waals surface area contributed by atoms with Crippen molar-refractivity contribution in [2.24, 2.45) is 0 Å². The maximum atomic E-state index is 12.3. The van der Waals surface area contributed by atoms with Crippen LogP contribution in [0.1, 0.15) is 0 Å². The molecule has 9 heteroatoms. The molecule has 7 nitrogen and oxygen atoms in total. The predicted molar refractivity (Wildman–Crippen MR) is 110 cm³/mol. The molecule has 0 spiro atoms. The molecular weight excluding hydrogens is 398 g/mol.